The molecule has 0 spiro atoms. The lowest BCUT2D eigenvalue weighted by Crippen LogP contribution is -2.08. The van der Waals surface area contributed by atoms with E-state index in [0.29, 0.717) is 16.7 Å². The third-order valence-corrected chi connectivity index (χ3v) is 4.32. The molecular formula is C24H26O4. The van der Waals surface area contributed by atoms with Crippen LogP contribution < -0.4 is 0 Å². The molecule has 1 N–H and O–H groups in total. The Balaban J connectivity index is 1.87. The van der Waals surface area contributed by atoms with Crippen LogP contribution in [0, 0.1) is 0 Å². The monoisotopic (exact) mass is 378 g/mol. The van der Waals surface area contributed by atoms with E-state index in [0.717, 1.165) is 24.0 Å². The van der Waals surface area contributed by atoms with Crippen molar-refractivity contribution in [3.8, 4) is 0 Å². The van der Waals surface area contributed by atoms with Crippen molar-refractivity contribution in [1.29, 1.82) is 0 Å². The molecule has 0 atom stereocenters. The van der Waals surface area contributed by atoms with Crippen molar-refractivity contribution in [3.63, 3.8) is 0 Å². The topological polar surface area (TPSA) is 63.6 Å². The molecule has 0 saturated heterocycles. The van der Waals surface area contributed by atoms with E-state index in [4.69, 9.17) is 9.84 Å². The van der Waals surface area contributed by atoms with Gasteiger partial charge in [-0.3, -0.25) is 4.79 Å². The van der Waals surface area contributed by atoms with Crippen LogP contribution >= 0.6 is 0 Å². The van der Waals surface area contributed by atoms with Gasteiger partial charge < -0.3 is 9.84 Å². The molecule has 0 aliphatic heterocycles. The molecule has 0 saturated carbocycles. The highest BCUT2D eigenvalue weighted by molar-refractivity contribution is 6.09. The van der Waals surface area contributed by atoms with Gasteiger partial charge in [-0.15, -0.1) is 0 Å². The first-order chi connectivity index (χ1) is 13.5. The van der Waals surface area contributed by atoms with Crippen LogP contribution in [0.4, 0.5) is 0 Å². The SMILES string of the molecule is C/C(=C\CO)CC/C=C(\C)COC(=O)c1ccc(C(=O)c2ccccc2)cc1. The van der Waals surface area contributed by atoms with Crippen molar-refractivity contribution in [3.05, 3.63) is 94.6 Å². The van der Waals surface area contributed by atoms with Crippen molar-refractivity contribution in [2.24, 2.45) is 0 Å². The van der Waals surface area contributed by atoms with Crippen LogP contribution in [0.15, 0.2) is 77.9 Å². The second-order valence-corrected chi connectivity index (χ2v) is 6.67. The Morgan fingerprint density at radius 3 is 2.11 bits per heavy atom. The number of ketones is 1. The van der Waals surface area contributed by atoms with E-state index in [2.05, 4.69) is 0 Å². The average Bonchev–Trinajstić information content (AvgIpc) is 2.72. The summed E-state index contributed by atoms with van der Waals surface area (Å²) in [6, 6.07) is 15.5. The number of aliphatic hydroxyl groups excluding tert-OH is 1. The van der Waals surface area contributed by atoms with E-state index < -0.39 is 5.97 Å². The molecule has 0 unspecified atom stereocenters. The number of esters is 1. The van der Waals surface area contributed by atoms with Crippen molar-refractivity contribution < 1.29 is 19.4 Å². The Morgan fingerprint density at radius 2 is 1.46 bits per heavy atom. The predicted octanol–water partition coefficient (Wildman–Crippen LogP) is 4.74. The summed E-state index contributed by atoms with van der Waals surface area (Å²) < 4.78 is 5.33. The first-order valence-electron chi connectivity index (χ1n) is 9.30. The van der Waals surface area contributed by atoms with E-state index in [-0.39, 0.29) is 19.0 Å². The molecule has 0 radical (unpaired) electrons. The van der Waals surface area contributed by atoms with Gasteiger partial charge in [-0.1, -0.05) is 60.2 Å². The number of carbonyl (C=O) groups excluding carboxylic acids is 2. The summed E-state index contributed by atoms with van der Waals surface area (Å²) in [5.74, 6) is -0.493. The largest absolute Gasteiger partial charge is 0.458 e. The molecule has 4 heteroatoms. The van der Waals surface area contributed by atoms with Gasteiger partial charge in [0.15, 0.2) is 5.78 Å². The summed E-state index contributed by atoms with van der Waals surface area (Å²) in [5, 5.41) is 8.84. The normalized spacial score (nSPS) is 12.0. The Kier molecular flexibility index (Phi) is 8.37. The number of rotatable bonds is 9. The van der Waals surface area contributed by atoms with Crippen LogP contribution in [0.25, 0.3) is 0 Å². The summed E-state index contributed by atoms with van der Waals surface area (Å²) in [4.78, 5) is 24.6. The minimum atomic E-state index is -0.414. The molecule has 146 valence electrons. The average molecular weight is 378 g/mol. The van der Waals surface area contributed by atoms with Crippen molar-refractivity contribution in [1.82, 2.24) is 0 Å². The quantitative estimate of drug-likeness (QED) is 0.389. The minimum absolute atomic E-state index is 0.0574. The molecule has 4 nitrogen and oxygen atoms in total. The fourth-order valence-corrected chi connectivity index (χ4v) is 2.64. The predicted molar refractivity (Wildman–Crippen MR) is 110 cm³/mol. The standard InChI is InChI=1S/C24H26O4/c1-18(15-16-25)7-6-8-19(2)17-28-24(27)22-13-11-21(12-14-22)23(26)20-9-4-3-5-10-20/h3-5,8-15,25H,6-7,16-17H2,1-2H3/b18-15+,19-8+. The number of hydrogen-bond donors (Lipinski definition) is 1. The van der Waals surface area contributed by atoms with Gasteiger partial charge in [-0.05, 0) is 44.4 Å². The molecule has 0 bridgehead atoms. The smallest absolute Gasteiger partial charge is 0.338 e. The molecule has 2 aromatic carbocycles. The number of carbonyl (C=O) groups is 2. The minimum Gasteiger partial charge on any atom is -0.458 e. The van der Waals surface area contributed by atoms with Gasteiger partial charge >= 0.3 is 5.97 Å². The Bertz CT molecular complexity index is 846. The highest BCUT2D eigenvalue weighted by Gasteiger charge is 2.11. The fraction of sp³-hybridized carbons (Fsp3) is 0.250. The first kappa shape index (κ1) is 21.3. The lowest BCUT2D eigenvalue weighted by Gasteiger charge is -2.07. The van der Waals surface area contributed by atoms with Crippen LogP contribution in [0.2, 0.25) is 0 Å². The van der Waals surface area contributed by atoms with Gasteiger partial charge in [0, 0.05) is 11.1 Å². The lowest BCUT2D eigenvalue weighted by atomic mass is 10.0. The van der Waals surface area contributed by atoms with Crippen molar-refractivity contribution >= 4 is 11.8 Å². The third-order valence-electron chi connectivity index (χ3n) is 4.32. The van der Waals surface area contributed by atoms with Gasteiger partial charge in [-0.25, -0.2) is 4.79 Å². The number of aliphatic hydroxyl groups is 1. The molecule has 28 heavy (non-hydrogen) atoms. The highest BCUT2D eigenvalue weighted by atomic mass is 16.5. The van der Waals surface area contributed by atoms with Crippen molar-refractivity contribution in [2.45, 2.75) is 26.7 Å². The van der Waals surface area contributed by atoms with E-state index in [1.54, 1.807) is 42.5 Å². The zero-order valence-electron chi connectivity index (χ0n) is 16.4. The van der Waals surface area contributed by atoms with Crippen LogP contribution in [0.5, 0.6) is 0 Å². The number of benzene rings is 2. The lowest BCUT2D eigenvalue weighted by molar-refractivity contribution is 0.0539. The summed E-state index contributed by atoms with van der Waals surface area (Å²) in [5.41, 5.74) is 3.67. The molecule has 0 fully saturated rings. The number of hydrogen-bond acceptors (Lipinski definition) is 4. The van der Waals surface area contributed by atoms with Gasteiger partial charge in [0.05, 0.1) is 12.2 Å². The Labute approximate surface area is 166 Å². The molecule has 0 aliphatic carbocycles. The Morgan fingerprint density at radius 1 is 0.857 bits per heavy atom. The van der Waals surface area contributed by atoms with E-state index in [9.17, 15) is 9.59 Å². The zero-order valence-corrected chi connectivity index (χ0v) is 16.4. The Hall–Kier alpha value is -2.98. The third kappa shape index (κ3) is 6.63. The van der Waals surface area contributed by atoms with E-state index >= 15 is 0 Å². The molecule has 0 aromatic heterocycles. The number of ether oxygens (including phenoxy) is 1. The second kappa shape index (κ2) is 11.0. The number of allylic oxidation sites excluding steroid dienone is 2. The van der Waals surface area contributed by atoms with Crippen LogP contribution in [-0.2, 0) is 4.74 Å². The maximum absolute atomic E-state index is 12.4. The van der Waals surface area contributed by atoms with Crippen LogP contribution in [0.3, 0.4) is 0 Å². The summed E-state index contributed by atoms with van der Waals surface area (Å²) >= 11 is 0. The molecule has 0 heterocycles. The summed E-state index contributed by atoms with van der Waals surface area (Å²) in [6.45, 7) is 4.18. The van der Waals surface area contributed by atoms with Gasteiger partial charge in [0.1, 0.15) is 6.61 Å². The molecule has 2 aromatic rings. The van der Waals surface area contributed by atoms with Crippen molar-refractivity contribution in [2.75, 3.05) is 13.2 Å². The van der Waals surface area contributed by atoms with Crippen LogP contribution in [0.1, 0.15) is 53.0 Å². The van der Waals surface area contributed by atoms with Gasteiger partial charge in [0.25, 0.3) is 0 Å². The fourth-order valence-electron chi connectivity index (χ4n) is 2.64. The second-order valence-electron chi connectivity index (χ2n) is 6.67. The first-order valence-corrected chi connectivity index (χ1v) is 9.30. The maximum Gasteiger partial charge on any atom is 0.338 e. The molecule has 0 amide bonds. The summed E-state index contributed by atoms with van der Waals surface area (Å²) in [7, 11) is 0. The molecular weight excluding hydrogens is 352 g/mol. The van der Waals surface area contributed by atoms with Gasteiger partial charge in [-0.2, -0.15) is 0 Å². The highest BCUT2D eigenvalue weighted by Crippen LogP contribution is 2.13. The summed E-state index contributed by atoms with van der Waals surface area (Å²) in [6.07, 6.45) is 5.52. The van der Waals surface area contributed by atoms with Crippen LogP contribution in [-0.4, -0.2) is 30.1 Å². The molecule has 2 rings (SSSR count). The molecule has 0 aliphatic rings. The van der Waals surface area contributed by atoms with E-state index in [1.807, 2.05) is 38.1 Å². The zero-order chi connectivity index (χ0) is 20.4. The van der Waals surface area contributed by atoms with E-state index in [1.165, 1.54) is 0 Å². The van der Waals surface area contributed by atoms with Gasteiger partial charge in [0.2, 0.25) is 0 Å². The maximum atomic E-state index is 12.4.